The zero-order valence-corrected chi connectivity index (χ0v) is 24.4. The molecule has 0 amide bonds. The molecule has 6 heteroatoms. The first-order valence-electron chi connectivity index (χ1n) is 10.7. The van der Waals surface area contributed by atoms with Crippen LogP contribution < -0.4 is 57.4 Å². The SMILES string of the molecule is C[N+](C)(C)CCOc1ccc(CCCc2ccc(OCC[N+](C)(C)C)cc2)cc1.[I-].[I-]. The fourth-order valence-corrected chi connectivity index (χ4v) is 2.88. The summed E-state index contributed by atoms with van der Waals surface area (Å²) in [6.45, 7) is 3.50. The van der Waals surface area contributed by atoms with Gasteiger partial charge in [0.05, 0.1) is 42.3 Å². The normalized spacial score (nSPS) is 11.3. The Hall–Kier alpha value is -0.580. The van der Waals surface area contributed by atoms with Gasteiger partial charge in [-0.15, -0.1) is 0 Å². The Morgan fingerprint density at radius 2 is 0.871 bits per heavy atom. The van der Waals surface area contributed by atoms with Crippen molar-refractivity contribution in [2.75, 3.05) is 68.6 Å². The molecule has 0 saturated heterocycles. The number of nitrogens with zero attached hydrogens (tertiary/aromatic N) is 2. The molecule has 0 radical (unpaired) electrons. The van der Waals surface area contributed by atoms with Crippen molar-refractivity contribution in [3.63, 3.8) is 0 Å². The molecule has 2 aromatic rings. The minimum absolute atomic E-state index is 0. The molecule has 0 unspecified atom stereocenters. The molecule has 0 aliphatic rings. The van der Waals surface area contributed by atoms with Gasteiger partial charge in [0.1, 0.15) is 37.8 Å². The molecular formula is C25H40I2N2O2. The molecule has 0 bridgehead atoms. The average Bonchev–Trinajstić information content (AvgIpc) is 2.62. The number of quaternary nitrogens is 2. The molecule has 0 saturated carbocycles. The molecular weight excluding hydrogens is 614 g/mol. The van der Waals surface area contributed by atoms with Crippen molar-refractivity contribution < 1.29 is 66.4 Å². The standard InChI is InChI=1S/C25H40N2O2.2HI/c1-26(2,3)18-20-28-24-14-10-22(11-15-24)8-7-9-23-12-16-25(17-13-23)29-21-19-27(4,5)6;;/h10-17H,7-9,18-21H2,1-6H3;2*1H/q+2;;/p-2. The third-order valence-corrected chi connectivity index (χ3v) is 4.84. The van der Waals surface area contributed by atoms with E-state index < -0.39 is 0 Å². The monoisotopic (exact) mass is 654 g/mol. The molecule has 176 valence electrons. The van der Waals surface area contributed by atoms with Gasteiger partial charge in [-0.25, -0.2) is 0 Å². The van der Waals surface area contributed by atoms with Crippen molar-refractivity contribution in [1.82, 2.24) is 0 Å². The zero-order chi connectivity index (χ0) is 21.3. The largest absolute Gasteiger partial charge is 1.00 e. The molecule has 0 aliphatic heterocycles. The van der Waals surface area contributed by atoms with Gasteiger partial charge in [-0.3, -0.25) is 0 Å². The number of ether oxygens (including phenoxy) is 2. The lowest BCUT2D eigenvalue weighted by molar-refractivity contribution is -0.870. The first-order chi connectivity index (χ1) is 13.6. The van der Waals surface area contributed by atoms with E-state index in [2.05, 4.69) is 90.8 Å². The maximum Gasteiger partial charge on any atom is 0.137 e. The summed E-state index contributed by atoms with van der Waals surface area (Å²) in [6.07, 6.45) is 3.31. The molecule has 0 fully saturated rings. The number of likely N-dealkylation sites (N-methyl/N-ethyl adjacent to an activating group) is 2. The summed E-state index contributed by atoms with van der Waals surface area (Å²) in [5, 5.41) is 0. The Morgan fingerprint density at radius 1 is 0.548 bits per heavy atom. The van der Waals surface area contributed by atoms with E-state index in [1.54, 1.807) is 0 Å². The van der Waals surface area contributed by atoms with Gasteiger partial charge in [-0.1, -0.05) is 24.3 Å². The first kappa shape index (κ1) is 30.4. The highest BCUT2D eigenvalue weighted by molar-refractivity contribution is 5.29. The number of hydrogen-bond donors (Lipinski definition) is 0. The molecule has 31 heavy (non-hydrogen) atoms. The van der Waals surface area contributed by atoms with Gasteiger partial charge >= 0.3 is 0 Å². The second-order valence-corrected chi connectivity index (χ2v) is 9.87. The van der Waals surface area contributed by atoms with Crippen LogP contribution in [0.25, 0.3) is 0 Å². The van der Waals surface area contributed by atoms with E-state index in [1.165, 1.54) is 11.1 Å². The number of benzene rings is 2. The fraction of sp³-hybridized carbons (Fsp3) is 0.520. The highest BCUT2D eigenvalue weighted by atomic mass is 127. The maximum atomic E-state index is 5.84. The Balaban J connectivity index is 0.00000450. The predicted molar refractivity (Wildman–Crippen MR) is 122 cm³/mol. The fourth-order valence-electron chi connectivity index (χ4n) is 2.88. The van der Waals surface area contributed by atoms with E-state index in [0.29, 0.717) is 0 Å². The van der Waals surface area contributed by atoms with Gasteiger partial charge in [0.2, 0.25) is 0 Å². The second-order valence-electron chi connectivity index (χ2n) is 9.87. The lowest BCUT2D eigenvalue weighted by atomic mass is 10.0. The summed E-state index contributed by atoms with van der Waals surface area (Å²) in [6, 6.07) is 17.1. The minimum atomic E-state index is 0. The summed E-state index contributed by atoms with van der Waals surface area (Å²) >= 11 is 0. The summed E-state index contributed by atoms with van der Waals surface area (Å²) < 4.78 is 13.5. The topological polar surface area (TPSA) is 18.5 Å². The Bertz CT molecular complexity index is 658. The summed E-state index contributed by atoms with van der Waals surface area (Å²) in [5.74, 6) is 1.92. The summed E-state index contributed by atoms with van der Waals surface area (Å²) in [5.41, 5.74) is 2.73. The van der Waals surface area contributed by atoms with Crippen LogP contribution in [0.5, 0.6) is 11.5 Å². The van der Waals surface area contributed by atoms with Crippen molar-refractivity contribution in [3.05, 3.63) is 59.7 Å². The zero-order valence-electron chi connectivity index (χ0n) is 20.0. The minimum Gasteiger partial charge on any atom is -1.00 e. The lowest BCUT2D eigenvalue weighted by Gasteiger charge is -2.23. The molecule has 0 aliphatic carbocycles. The van der Waals surface area contributed by atoms with E-state index in [9.17, 15) is 0 Å². The van der Waals surface area contributed by atoms with Gasteiger partial charge in [0.15, 0.2) is 0 Å². The quantitative estimate of drug-likeness (QED) is 0.196. The van der Waals surface area contributed by atoms with Crippen molar-refractivity contribution >= 4 is 0 Å². The highest BCUT2D eigenvalue weighted by Crippen LogP contribution is 2.17. The van der Waals surface area contributed by atoms with Crippen LogP contribution in [0.15, 0.2) is 48.5 Å². The van der Waals surface area contributed by atoms with E-state index in [4.69, 9.17) is 9.47 Å². The van der Waals surface area contributed by atoms with Crippen molar-refractivity contribution in [2.45, 2.75) is 19.3 Å². The van der Waals surface area contributed by atoms with Crippen molar-refractivity contribution in [1.29, 1.82) is 0 Å². The van der Waals surface area contributed by atoms with Gasteiger partial charge < -0.3 is 66.4 Å². The van der Waals surface area contributed by atoms with Crippen molar-refractivity contribution in [3.8, 4) is 11.5 Å². The van der Waals surface area contributed by atoms with Crippen LogP contribution >= 0.6 is 0 Å². The smallest absolute Gasteiger partial charge is 0.137 e. The number of hydrogen-bond acceptors (Lipinski definition) is 2. The van der Waals surface area contributed by atoms with Crippen LogP contribution in [-0.4, -0.2) is 77.6 Å². The van der Waals surface area contributed by atoms with Crippen molar-refractivity contribution in [2.24, 2.45) is 0 Å². The molecule has 0 spiro atoms. The van der Waals surface area contributed by atoms with Crippen LogP contribution in [0.4, 0.5) is 0 Å². The molecule has 0 atom stereocenters. The van der Waals surface area contributed by atoms with E-state index >= 15 is 0 Å². The Kier molecular flexibility index (Phi) is 14.3. The third-order valence-electron chi connectivity index (χ3n) is 4.84. The second kappa shape index (κ2) is 14.5. The Labute approximate surface area is 224 Å². The number of aryl methyl sites for hydroxylation is 2. The third kappa shape index (κ3) is 14.2. The van der Waals surface area contributed by atoms with Crippen LogP contribution in [0.2, 0.25) is 0 Å². The molecule has 0 heterocycles. The molecule has 2 rings (SSSR count). The first-order valence-corrected chi connectivity index (χ1v) is 10.7. The average molecular weight is 654 g/mol. The molecule has 0 aromatic heterocycles. The summed E-state index contributed by atoms with van der Waals surface area (Å²) in [4.78, 5) is 0. The predicted octanol–water partition coefficient (Wildman–Crippen LogP) is -1.96. The van der Waals surface area contributed by atoms with Crippen LogP contribution in [0.1, 0.15) is 17.5 Å². The van der Waals surface area contributed by atoms with Gasteiger partial charge in [0, 0.05) is 0 Å². The molecule has 0 N–H and O–H groups in total. The summed E-state index contributed by atoms with van der Waals surface area (Å²) in [7, 11) is 13.1. The molecule has 2 aromatic carbocycles. The number of halogens is 2. The van der Waals surface area contributed by atoms with Gasteiger partial charge in [-0.05, 0) is 54.7 Å². The van der Waals surface area contributed by atoms with E-state index in [0.717, 1.165) is 66.0 Å². The maximum absolute atomic E-state index is 5.84. The van der Waals surface area contributed by atoms with Crippen LogP contribution in [0.3, 0.4) is 0 Å². The van der Waals surface area contributed by atoms with Crippen LogP contribution in [-0.2, 0) is 12.8 Å². The van der Waals surface area contributed by atoms with E-state index in [-0.39, 0.29) is 48.0 Å². The molecule has 4 nitrogen and oxygen atoms in total. The van der Waals surface area contributed by atoms with Gasteiger partial charge in [-0.2, -0.15) is 0 Å². The lowest BCUT2D eigenvalue weighted by Crippen LogP contribution is -3.00. The number of rotatable bonds is 12. The van der Waals surface area contributed by atoms with E-state index in [1.807, 2.05) is 0 Å². The van der Waals surface area contributed by atoms with Gasteiger partial charge in [0.25, 0.3) is 0 Å². The van der Waals surface area contributed by atoms with Crippen LogP contribution in [0, 0.1) is 0 Å². The highest BCUT2D eigenvalue weighted by Gasteiger charge is 2.07. The Morgan fingerprint density at radius 3 is 1.16 bits per heavy atom.